The van der Waals surface area contributed by atoms with Crippen molar-refractivity contribution in [3.8, 4) is 22.4 Å². The van der Waals surface area contributed by atoms with Gasteiger partial charge in [0.25, 0.3) is 0 Å². The van der Waals surface area contributed by atoms with Crippen molar-refractivity contribution in [2.45, 2.75) is 38.0 Å². The number of aromatic nitrogens is 3. The molecule has 0 unspecified atom stereocenters. The van der Waals surface area contributed by atoms with Crippen molar-refractivity contribution in [2.24, 2.45) is 5.92 Å². The van der Waals surface area contributed by atoms with Gasteiger partial charge in [-0.15, -0.1) is 0 Å². The molecule has 2 aromatic carbocycles. The number of aliphatic carboxylic acids is 1. The molecule has 168 valence electrons. The predicted octanol–water partition coefficient (Wildman–Crippen LogP) is 5.53. The molecule has 0 amide bonds. The molecule has 2 heterocycles. The molecule has 0 atom stereocenters. The molecule has 6 nitrogen and oxygen atoms in total. The molecule has 1 aliphatic rings. The maximum Gasteiger partial charge on any atom is 0.303 e. The second-order valence-electron chi connectivity index (χ2n) is 8.80. The Bertz CT molecular complexity index is 1290. The van der Waals surface area contributed by atoms with E-state index in [0.717, 1.165) is 42.4 Å². The molecule has 4 aromatic rings. The zero-order valence-electron chi connectivity index (χ0n) is 18.1. The van der Waals surface area contributed by atoms with Gasteiger partial charge in [0.05, 0.1) is 5.69 Å². The molecule has 0 aliphatic heterocycles. The van der Waals surface area contributed by atoms with Gasteiger partial charge < -0.3 is 10.8 Å². The number of hydrogen-bond acceptors (Lipinski definition) is 4. The molecule has 0 saturated heterocycles. The second-order valence-corrected chi connectivity index (χ2v) is 8.80. The molecule has 0 radical (unpaired) electrons. The number of nitrogen functional groups attached to an aromatic ring is 1. The minimum absolute atomic E-state index is 0.275. The van der Waals surface area contributed by atoms with E-state index in [1.165, 1.54) is 17.7 Å². The third-order valence-electron chi connectivity index (χ3n) is 6.66. The lowest BCUT2D eigenvalue weighted by Crippen LogP contribution is -2.16. The van der Waals surface area contributed by atoms with E-state index >= 15 is 0 Å². The van der Waals surface area contributed by atoms with Crippen LogP contribution in [0.1, 0.15) is 43.6 Å². The molecular weight excluding hydrogens is 419 g/mol. The van der Waals surface area contributed by atoms with E-state index in [2.05, 4.69) is 34.3 Å². The Morgan fingerprint density at radius 2 is 1.70 bits per heavy atom. The molecule has 0 spiro atoms. The molecule has 7 heteroatoms. The highest BCUT2D eigenvalue weighted by Crippen LogP contribution is 2.38. The maximum atomic E-state index is 13.2. The molecule has 1 saturated carbocycles. The number of halogens is 1. The van der Waals surface area contributed by atoms with Gasteiger partial charge in [-0.2, -0.15) is 9.61 Å². The monoisotopic (exact) mass is 444 g/mol. The van der Waals surface area contributed by atoms with Gasteiger partial charge in [-0.3, -0.25) is 4.79 Å². The van der Waals surface area contributed by atoms with Crippen LogP contribution in [0.3, 0.4) is 0 Å². The van der Waals surface area contributed by atoms with Crippen LogP contribution >= 0.6 is 0 Å². The van der Waals surface area contributed by atoms with Gasteiger partial charge in [0.2, 0.25) is 0 Å². The van der Waals surface area contributed by atoms with Crippen LogP contribution in [0, 0.1) is 11.7 Å². The number of fused-ring (bicyclic) bond motifs is 1. The first-order valence-electron chi connectivity index (χ1n) is 11.2. The summed E-state index contributed by atoms with van der Waals surface area (Å²) in [7, 11) is 0. The van der Waals surface area contributed by atoms with Gasteiger partial charge in [0, 0.05) is 29.8 Å². The van der Waals surface area contributed by atoms with Crippen LogP contribution in [0.5, 0.6) is 0 Å². The van der Waals surface area contributed by atoms with Crippen LogP contribution < -0.4 is 5.73 Å². The van der Waals surface area contributed by atoms with Gasteiger partial charge in [-0.1, -0.05) is 24.3 Å². The standard InChI is InChI=1S/C26H25FN4O2/c27-21-11-9-20(10-12-21)23-14-24-29-15-22(26(28)31(24)30-23)19-7-5-18(6-8-19)17-3-1-16(2-4-17)13-25(32)33/h5-12,14-17H,1-4,13,28H2,(H,32,33). The molecule has 3 N–H and O–H groups in total. The smallest absolute Gasteiger partial charge is 0.303 e. The average Bonchev–Trinajstić information content (AvgIpc) is 3.26. The summed E-state index contributed by atoms with van der Waals surface area (Å²) in [6.07, 6.45) is 5.99. The van der Waals surface area contributed by atoms with E-state index in [0.29, 0.717) is 29.0 Å². The fraction of sp³-hybridized carbons (Fsp3) is 0.269. The highest BCUT2D eigenvalue weighted by molar-refractivity contribution is 5.76. The van der Waals surface area contributed by atoms with Gasteiger partial charge in [0.15, 0.2) is 5.65 Å². The van der Waals surface area contributed by atoms with Crippen molar-refractivity contribution in [1.29, 1.82) is 0 Å². The zero-order chi connectivity index (χ0) is 22.9. The number of nitrogens with zero attached hydrogens (tertiary/aromatic N) is 3. The van der Waals surface area contributed by atoms with Gasteiger partial charge in [0.1, 0.15) is 11.6 Å². The lowest BCUT2D eigenvalue weighted by Gasteiger charge is -2.28. The average molecular weight is 445 g/mol. The molecule has 1 aliphatic carbocycles. The number of rotatable bonds is 5. The molecule has 2 aromatic heterocycles. The van der Waals surface area contributed by atoms with Gasteiger partial charge >= 0.3 is 5.97 Å². The van der Waals surface area contributed by atoms with Crippen molar-refractivity contribution >= 4 is 17.4 Å². The number of carboxylic acids is 1. The summed E-state index contributed by atoms with van der Waals surface area (Å²) in [5.74, 6) is 0.262. The quantitative estimate of drug-likeness (QED) is 0.422. The Hall–Kier alpha value is -3.74. The number of nitrogens with two attached hydrogens (primary N) is 1. The summed E-state index contributed by atoms with van der Waals surface area (Å²) in [6.45, 7) is 0. The zero-order valence-corrected chi connectivity index (χ0v) is 18.1. The Balaban J connectivity index is 1.36. The van der Waals surface area contributed by atoms with Crippen molar-refractivity contribution < 1.29 is 14.3 Å². The summed E-state index contributed by atoms with van der Waals surface area (Å²) < 4.78 is 14.9. The van der Waals surface area contributed by atoms with E-state index in [-0.39, 0.29) is 12.2 Å². The van der Waals surface area contributed by atoms with E-state index in [4.69, 9.17) is 10.8 Å². The van der Waals surface area contributed by atoms with Crippen LogP contribution in [0.2, 0.25) is 0 Å². The van der Waals surface area contributed by atoms with Crippen molar-refractivity contribution in [2.75, 3.05) is 5.73 Å². The van der Waals surface area contributed by atoms with E-state index < -0.39 is 5.97 Å². The van der Waals surface area contributed by atoms with E-state index in [1.54, 1.807) is 22.8 Å². The Morgan fingerprint density at radius 1 is 1.03 bits per heavy atom. The van der Waals surface area contributed by atoms with Crippen LogP contribution in [0.25, 0.3) is 28.0 Å². The Labute approximate surface area is 190 Å². The van der Waals surface area contributed by atoms with Crippen molar-refractivity contribution in [1.82, 2.24) is 14.6 Å². The summed E-state index contributed by atoms with van der Waals surface area (Å²) >= 11 is 0. The summed E-state index contributed by atoms with van der Waals surface area (Å²) in [5, 5.41) is 13.6. The number of carbonyl (C=O) groups is 1. The Kier molecular flexibility index (Phi) is 5.54. The molecule has 5 rings (SSSR count). The summed E-state index contributed by atoms with van der Waals surface area (Å²) in [5.41, 5.74) is 11.6. The third kappa shape index (κ3) is 4.31. The van der Waals surface area contributed by atoms with Crippen LogP contribution in [-0.2, 0) is 4.79 Å². The fourth-order valence-corrected chi connectivity index (χ4v) is 4.82. The third-order valence-corrected chi connectivity index (χ3v) is 6.66. The lowest BCUT2D eigenvalue weighted by atomic mass is 9.77. The van der Waals surface area contributed by atoms with Crippen LogP contribution in [0.15, 0.2) is 60.8 Å². The first kappa shape index (κ1) is 21.1. The first-order chi connectivity index (χ1) is 16.0. The topological polar surface area (TPSA) is 93.5 Å². The number of carboxylic acid groups (broad SMARTS) is 1. The number of benzene rings is 2. The largest absolute Gasteiger partial charge is 0.481 e. The SMILES string of the molecule is Nc1c(-c2ccc(C3CCC(CC(=O)O)CC3)cc2)cnc2cc(-c3ccc(F)cc3)nn12. The van der Waals surface area contributed by atoms with E-state index in [9.17, 15) is 9.18 Å². The fourth-order valence-electron chi connectivity index (χ4n) is 4.82. The normalized spacial score (nSPS) is 18.5. The number of anilines is 1. The van der Waals surface area contributed by atoms with Crippen molar-refractivity contribution in [3.63, 3.8) is 0 Å². The van der Waals surface area contributed by atoms with Crippen LogP contribution in [-0.4, -0.2) is 25.7 Å². The highest BCUT2D eigenvalue weighted by atomic mass is 19.1. The molecule has 33 heavy (non-hydrogen) atoms. The molecular formula is C26H25FN4O2. The lowest BCUT2D eigenvalue weighted by molar-refractivity contribution is -0.138. The second kappa shape index (κ2) is 8.65. The first-order valence-corrected chi connectivity index (χ1v) is 11.2. The Morgan fingerprint density at radius 3 is 2.36 bits per heavy atom. The molecule has 0 bridgehead atoms. The highest BCUT2D eigenvalue weighted by Gasteiger charge is 2.24. The minimum Gasteiger partial charge on any atom is -0.481 e. The maximum absolute atomic E-state index is 13.2. The van der Waals surface area contributed by atoms with Crippen molar-refractivity contribution in [3.05, 3.63) is 72.2 Å². The van der Waals surface area contributed by atoms with Crippen LogP contribution in [0.4, 0.5) is 10.2 Å². The molecule has 1 fully saturated rings. The van der Waals surface area contributed by atoms with Gasteiger partial charge in [-0.05, 0) is 72.9 Å². The summed E-state index contributed by atoms with van der Waals surface area (Å²) in [6, 6.07) is 16.4. The van der Waals surface area contributed by atoms with E-state index in [1.807, 2.05) is 6.07 Å². The summed E-state index contributed by atoms with van der Waals surface area (Å²) in [4.78, 5) is 15.5. The van der Waals surface area contributed by atoms with Gasteiger partial charge in [-0.25, -0.2) is 9.37 Å². The predicted molar refractivity (Wildman–Crippen MR) is 125 cm³/mol. The minimum atomic E-state index is -0.701. The number of hydrogen-bond donors (Lipinski definition) is 2.